The number of methoxy groups -OCH3 is 1. The number of aliphatic imine (C=N–C) groups is 1. The highest BCUT2D eigenvalue weighted by atomic mass is 127. The molecule has 0 saturated carbocycles. The molecule has 0 atom stereocenters. The van der Waals surface area contributed by atoms with Gasteiger partial charge in [-0.25, -0.2) is 0 Å². The van der Waals surface area contributed by atoms with Gasteiger partial charge < -0.3 is 25.4 Å². The van der Waals surface area contributed by atoms with Gasteiger partial charge in [-0.3, -0.25) is 9.79 Å². The number of hydrogen-bond donors (Lipinski definition) is 3. The summed E-state index contributed by atoms with van der Waals surface area (Å²) in [4.78, 5) is 15.7. The molecule has 2 aromatic rings. The Kier molecular flexibility index (Phi) is 9.22. The summed E-state index contributed by atoms with van der Waals surface area (Å²) >= 11 is 0. The minimum atomic E-state index is -0.135. The first kappa shape index (κ1) is 23.8. The molecule has 1 aliphatic heterocycles. The zero-order valence-corrected chi connectivity index (χ0v) is 19.9. The number of hydrogen-bond acceptors (Lipinski definition) is 4. The molecule has 0 bridgehead atoms. The molecule has 1 amide bonds. The fourth-order valence-electron chi connectivity index (χ4n) is 3.28. The first-order valence-electron chi connectivity index (χ1n) is 9.72. The van der Waals surface area contributed by atoms with Gasteiger partial charge in [0.05, 0.1) is 19.4 Å². The lowest BCUT2D eigenvalue weighted by Crippen LogP contribution is -2.37. The second-order valence-electron chi connectivity index (χ2n) is 6.86. The van der Waals surface area contributed by atoms with E-state index < -0.39 is 0 Å². The Hall–Kier alpha value is -2.49. The average molecular weight is 524 g/mol. The van der Waals surface area contributed by atoms with Gasteiger partial charge in [0.25, 0.3) is 0 Å². The number of rotatable bonds is 7. The Bertz CT molecular complexity index is 902. The van der Waals surface area contributed by atoms with Crippen LogP contribution in [0.1, 0.15) is 23.6 Å². The highest BCUT2D eigenvalue weighted by Crippen LogP contribution is 2.26. The van der Waals surface area contributed by atoms with E-state index in [4.69, 9.17) is 9.47 Å². The van der Waals surface area contributed by atoms with Crippen molar-refractivity contribution in [3.05, 3.63) is 53.1 Å². The van der Waals surface area contributed by atoms with Crippen LogP contribution in [0, 0.1) is 0 Å². The molecule has 162 valence electrons. The molecule has 0 aliphatic carbocycles. The molecule has 1 aliphatic rings. The number of carbonyl (C=O) groups is 1. The van der Waals surface area contributed by atoms with Crippen LogP contribution in [0.15, 0.2) is 41.4 Å². The maximum absolute atomic E-state index is 11.4. The minimum Gasteiger partial charge on any atom is -0.495 e. The van der Waals surface area contributed by atoms with Gasteiger partial charge in [0.2, 0.25) is 5.91 Å². The zero-order chi connectivity index (χ0) is 20.6. The highest BCUT2D eigenvalue weighted by molar-refractivity contribution is 14.0. The molecule has 8 heteroatoms. The quantitative estimate of drug-likeness (QED) is 0.295. The van der Waals surface area contributed by atoms with Gasteiger partial charge in [-0.15, -0.1) is 24.0 Å². The van der Waals surface area contributed by atoms with Gasteiger partial charge in [0, 0.05) is 33.5 Å². The molecule has 3 N–H and O–H groups in total. The van der Waals surface area contributed by atoms with Crippen LogP contribution >= 0.6 is 24.0 Å². The number of nitrogens with one attached hydrogen (secondary N) is 3. The summed E-state index contributed by atoms with van der Waals surface area (Å²) in [6.45, 7) is 3.61. The van der Waals surface area contributed by atoms with Crippen LogP contribution in [-0.2, 0) is 24.2 Å². The Labute approximate surface area is 194 Å². The maximum atomic E-state index is 11.4. The Balaban J connectivity index is 0.00000320. The van der Waals surface area contributed by atoms with Crippen molar-refractivity contribution in [3.63, 3.8) is 0 Å². The van der Waals surface area contributed by atoms with E-state index in [9.17, 15) is 4.79 Å². The molecule has 3 rings (SSSR count). The van der Waals surface area contributed by atoms with Gasteiger partial charge in [-0.1, -0.05) is 18.2 Å². The van der Waals surface area contributed by atoms with Crippen LogP contribution in [0.4, 0.5) is 5.69 Å². The minimum absolute atomic E-state index is 0. The third kappa shape index (κ3) is 6.51. The number of carbonyl (C=O) groups excluding carboxylic acids is 1. The first-order chi connectivity index (χ1) is 14.1. The maximum Gasteiger partial charge on any atom is 0.221 e. The number of amides is 1. The smallest absolute Gasteiger partial charge is 0.221 e. The molecule has 0 aromatic heterocycles. The van der Waals surface area contributed by atoms with E-state index in [2.05, 4.69) is 39.1 Å². The van der Waals surface area contributed by atoms with Crippen LogP contribution < -0.4 is 25.4 Å². The number of fused-ring (bicyclic) bond motifs is 1. The van der Waals surface area contributed by atoms with Crippen molar-refractivity contribution < 1.29 is 14.3 Å². The summed E-state index contributed by atoms with van der Waals surface area (Å²) in [5, 5.41) is 9.43. The number of halogens is 1. The van der Waals surface area contributed by atoms with E-state index in [0.29, 0.717) is 18.0 Å². The average Bonchev–Trinajstić information content (AvgIpc) is 3.18. The lowest BCUT2D eigenvalue weighted by Gasteiger charge is -2.14. The molecule has 30 heavy (non-hydrogen) atoms. The van der Waals surface area contributed by atoms with Crippen LogP contribution in [-0.4, -0.2) is 39.2 Å². The third-order valence-corrected chi connectivity index (χ3v) is 4.72. The Morgan fingerprint density at radius 3 is 2.70 bits per heavy atom. The normalized spacial score (nSPS) is 12.3. The van der Waals surface area contributed by atoms with Crippen molar-refractivity contribution in [2.24, 2.45) is 4.99 Å². The van der Waals surface area contributed by atoms with Gasteiger partial charge in [-0.05, 0) is 41.3 Å². The largest absolute Gasteiger partial charge is 0.495 e. The summed E-state index contributed by atoms with van der Waals surface area (Å²) < 4.78 is 10.8. The predicted molar refractivity (Wildman–Crippen MR) is 130 cm³/mol. The number of ether oxygens (including phenoxy) is 2. The summed E-state index contributed by atoms with van der Waals surface area (Å²) in [6, 6.07) is 12.1. The van der Waals surface area contributed by atoms with Crippen molar-refractivity contribution >= 4 is 41.5 Å². The molecular formula is C22H29IN4O3. The predicted octanol–water partition coefficient (Wildman–Crippen LogP) is 3.11. The molecule has 0 unspecified atom stereocenters. The molecular weight excluding hydrogens is 495 g/mol. The lowest BCUT2D eigenvalue weighted by molar-refractivity contribution is -0.114. The van der Waals surface area contributed by atoms with Gasteiger partial charge >= 0.3 is 0 Å². The lowest BCUT2D eigenvalue weighted by atomic mass is 10.1. The topological polar surface area (TPSA) is 84.0 Å². The summed E-state index contributed by atoms with van der Waals surface area (Å²) in [5.41, 5.74) is 4.24. The van der Waals surface area contributed by atoms with Crippen molar-refractivity contribution in [2.45, 2.75) is 26.3 Å². The van der Waals surface area contributed by atoms with Gasteiger partial charge in [-0.2, -0.15) is 0 Å². The van der Waals surface area contributed by atoms with E-state index in [1.165, 1.54) is 18.1 Å². The van der Waals surface area contributed by atoms with E-state index in [0.717, 1.165) is 43.3 Å². The van der Waals surface area contributed by atoms with Crippen molar-refractivity contribution in [3.8, 4) is 11.5 Å². The SMILES string of the molecule is CN=C(NCCc1ccc2c(c1)CCO2)NCc1ccc(OC)c(NC(C)=O)c1.I. The van der Waals surface area contributed by atoms with E-state index in [-0.39, 0.29) is 29.9 Å². The third-order valence-electron chi connectivity index (χ3n) is 4.72. The fraction of sp³-hybridized carbons (Fsp3) is 0.364. The van der Waals surface area contributed by atoms with Crippen molar-refractivity contribution in [1.29, 1.82) is 0 Å². The highest BCUT2D eigenvalue weighted by Gasteiger charge is 2.12. The van der Waals surface area contributed by atoms with Crippen molar-refractivity contribution in [1.82, 2.24) is 10.6 Å². The number of benzene rings is 2. The summed E-state index contributed by atoms with van der Waals surface area (Å²) in [6.07, 6.45) is 1.89. The zero-order valence-electron chi connectivity index (χ0n) is 17.6. The Morgan fingerprint density at radius 1 is 1.17 bits per heavy atom. The monoisotopic (exact) mass is 524 g/mol. The fourth-order valence-corrected chi connectivity index (χ4v) is 3.28. The van der Waals surface area contributed by atoms with Crippen LogP contribution in [0.25, 0.3) is 0 Å². The first-order valence-corrected chi connectivity index (χ1v) is 9.72. The Morgan fingerprint density at radius 2 is 1.97 bits per heavy atom. The standard InChI is InChI=1S/C22H28N4O3.HI/c1-15(27)26-19-13-17(5-7-21(19)28-3)14-25-22(23-2)24-10-8-16-4-6-20-18(12-16)9-11-29-20;/h4-7,12-13H,8-11,14H2,1-3H3,(H,26,27)(H2,23,24,25);1H. The second-order valence-corrected chi connectivity index (χ2v) is 6.86. The van der Waals surface area contributed by atoms with Crippen LogP contribution in [0.2, 0.25) is 0 Å². The van der Waals surface area contributed by atoms with E-state index >= 15 is 0 Å². The molecule has 7 nitrogen and oxygen atoms in total. The number of guanidine groups is 1. The molecule has 1 heterocycles. The molecule has 0 spiro atoms. The number of nitrogens with zero attached hydrogens (tertiary/aromatic N) is 1. The number of anilines is 1. The van der Waals surface area contributed by atoms with Crippen LogP contribution in [0.5, 0.6) is 11.5 Å². The van der Waals surface area contributed by atoms with Crippen molar-refractivity contribution in [2.75, 3.05) is 32.6 Å². The molecule has 2 aromatic carbocycles. The molecule has 0 radical (unpaired) electrons. The summed E-state index contributed by atoms with van der Waals surface area (Å²) in [5.74, 6) is 2.24. The van der Waals surface area contributed by atoms with Crippen LogP contribution in [0.3, 0.4) is 0 Å². The molecule has 0 saturated heterocycles. The van der Waals surface area contributed by atoms with E-state index in [1.54, 1.807) is 14.2 Å². The van der Waals surface area contributed by atoms with Gasteiger partial charge in [0.1, 0.15) is 11.5 Å². The second kappa shape index (κ2) is 11.6. The van der Waals surface area contributed by atoms with E-state index in [1.807, 2.05) is 18.2 Å². The molecule has 0 fully saturated rings. The summed E-state index contributed by atoms with van der Waals surface area (Å²) in [7, 11) is 3.33. The van der Waals surface area contributed by atoms with Gasteiger partial charge in [0.15, 0.2) is 5.96 Å².